The standard InChI is InChI=1S/C15H18N2/c1-10-7-13(9-17-8-10)15(16)14-11(2)5-4-6-12(14)3/h4-9,15H,16H2,1-3H3. The first kappa shape index (κ1) is 11.8. The fourth-order valence-electron chi connectivity index (χ4n) is 2.23. The summed E-state index contributed by atoms with van der Waals surface area (Å²) in [5.41, 5.74) is 12.2. The molecule has 0 spiro atoms. The molecule has 2 heteroatoms. The predicted octanol–water partition coefficient (Wildman–Crippen LogP) is 3.05. The van der Waals surface area contributed by atoms with E-state index in [1.165, 1.54) is 16.7 Å². The van der Waals surface area contributed by atoms with E-state index in [0.717, 1.165) is 11.1 Å². The summed E-state index contributed by atoms with van der Waals surface area (Å²) in [5, 5.41) is 0. The maximum absolute atomic E-state index is 6.35. The molecule has 2 N–H and O–H groups in total. The van der Waals surface area contributed by atoms with Gasteiger partial charge in [-0.3, -0.25) is 4.98 Å². The Balaban J connectivity index is 2.47. The van der Waals surface area contributed by atoms with Gasteiger partial charge in [0.25, 0.3) is 0 Å². The Labute approximate surface area is 103 Å². The monoisotopic (exact) mass is 226 g/mol. The van der Waals surface area contributed by atoms with Gasteiger partial charge in [0.1, 0.15) is 0 Å². The van der Waals surface area contributed by atoms with Crippen LogP contribution in [0.1, 0.15) is 33.9 Å². The van der Waals surface area contributed by atoms with Crippen molar-refractivity contribution in [1.29, 1.82) is 0 Å². The summed E-state index contributed by atoms with van der Waals surface area (Å²) in [6.07, 6.45) is 3.70. The van der Waals surface area contributed by atoms with Crippen LogP contribution in [0.4, 0.5) is 0 Å². The molecule has 0 aliphatic heterocycles. The first-order chi connectivity index (χ1) is 8.09. The first-order valence-corrected chi connectivity index (χ1v) is 5.83. The SMILES string of the molecule is Cc1cncc(C(N)c2c(C)cccc2C)c1. The zero-order valence-corrected chi connectivity index (χ0v) is 10.6. The third kappa shape index (κ3) is 2.37. The van der Waals surface area contributed by atoms with Crippen molar-refractivity contribution in [3.8, 4) is 0 Å². The number of nitrogens with zero attached hydrogens (tertiary/aromatic N) is 1. The summed E-state index contributed by atoms with van der Waals surface area (Å²) in [6, 6.07) is 8.28. The van der Waals surface area contributed by atoms with Crippen LogP contribution < -0.4 is 5.73 Å². The van der Waals surface area contributed by atoms with E-state index in [-0.39, 0.29) is 6.04 Å². The zero-order chi connectivity index (χ0) is 12.4. The van der Waals surface area contributed by atoms with Gasteiger partial charge in [-0.15, -0.1) is 0 Å². The fourth-order valence-corrected chi connectivity index (χ4v) is 2.23. The summed E-state index contributed by atoms with van der Waals surface area (Å²) in [4.78, 5) is 4.21. The van der Waals surface area contributed by atoms with E-state index in [9.17, 15) is 0 Å². The second-order valence-corrected chi connectivity index (χ2v) is 4.58. The molecule has 0 saturated carbocycles. The van der Waals surface area contributed by atoms with E-state index in [4.69, 9.17) is 5.73 Å². The Bertz CT molecular complexity index is 512. The number of aryl methyl sites for hydroxylation is 3. The molecule has 0 amide bonds. The highest BCUT2D eigenvalue weighted by molar-refractivity contribution is 5.41. The first-order valence-electron chi connectivity index (χ1n) is 5.83. The quantitative estimate of drug-likeness (QED) is 0.854. The topological polar surface area (TPSA) is 38.9 Å². The molecule has 2 rings (SSSR count). The molecule has 0 bridgehead atoms. The lowest BCUT2D eigenvalue weighted by Crippen LogP contribution is -2.15. The van der Waals surface area contributed by atoms with Crippen molar-refractivity contribution >= 4 is 0 Å². The molecule has 17 heavy (non-hydrogen) atoms. The lowest BCUT2D eigenvalue weighted by atomic mass is 9.92. The van der Waals surface area contributed by atoms with E-state index in [1.807, 2.05) is 19.3 Å². The van der Waals surface area contributed by atoms with Gasteiger partial charge in [-0.05, 0) is 48.6 Å². The molecule has 2 aromatic rings. The Morgan fingerprint density at radius 2 is 1.71 bits per heavy atom. The average Bonchev–Trinajstić information content (AvgIpc) is 2.28. The van der Waals surface area contributed by atoms with E-state index in [2.05, 4.69) is 43.1 Å². The van der Waals surface area contributed by atoms with Gasteiger partial charge in [-0.1, -0.05) is 24.3 Å². The molecule has 0 fully saturated rings. The second kappa shape index (κ2) is 4.68. The van der Waals surface area contributed by atoms with Crippen molar-refractivity contribution in [2.24, 2.45) is 5.73 Å². The molecule has 0 aliphatic carbocycles. The van der Waals surface area contributed by atoms with Gasteiger partial charge in [-0.25, -0.2) is 0 Å². The van der Waals surface area contributed by atoms with E-state index < -0.39 is 0 Å². The summed E-state index contributed by atoms with van der Waals surface area (Å²) in [5.74, 6) is 0. The molecule has 1 atom stereocenters. The van der Waals surface area contributed by atoms with Gasteiger partial charge in [0, 0.05) is 12.4 Å². The molecular formula is C15H18N2. The van der Waals surface area contributed by atoms with Crippen molar-refractivity contribution in [1.82, 2.24) is 4.98 Å². The van der Waals surface area contributed by atoms with Crippen molar-refractivity contribution < 1.29 is 0 Å². The average molecular weight is 226 g/mol. The predicted molar refractivity (Wildman–Crippen MR) is 70.9 cm³/mol. The third-order valence-corrected chi connectivity index (χ3v) is 3.11. The zero-order valence-electron chi connectivity index (χ0n) is 10.6. The van der Waals surface area contributed by atoms with Crippen LogP contribution in [0.25, 0.3) is 0 Å². The van der Waals surface area contributed by atoms with Gasteiger partial charge in [0.05, 0.1) is 6.04 Å². The summed E-state index contributed by atoms with van der Waals surface area (Å²) < 4.78 is 0. The Morgan fingerprint density at radius 1 is 1.06 bits per heavy atom. The summed E-state index contributed by atoms with van der Waals surface area (Å²) in [7, 11) is 0. The van der Waals surface area contributed by atoms with Crippen LogP contribution in [0.3, 0.4) is 0 Å². The van der Waals surface area contributed by atoms with Crippen LogP contribution in [-0.2, 0) is 0 Å². The number of benzene rings is 1. The van der Waals surface area contributed by atoms with Gasteiger partial charge in [0.15, 0.2) is 0 Å². The van der Waals surface area contributed by atoms with Crippen molar-refractivity contribution in [2.45, 2.75) is 26.8 Å². The fraction of sp³-hybridized carbons (Fsp3) is 0.267. The van der Waals surface area contributed by atoms with Crippen LogP contribution in [0.15, 0.2) is 36.7 Å². The third-order valence-electron chi connectivity index (χ3n) is 3.11. The van der Waals surface area contributed by atoms with Crippen LogP contribution in [-0.4, -0.2) is 4.98 Å². The second-order valence-electron chi connectivity index (χ2n) is 4.58. The summed E-state index contributed by atoms with van der Waals surface area (Å²) >= 11 is 0. The molecule has 1 heterocycles. The normalized spacial score (nSPS) is 12.5. The molecular weight excluding hydrogens is 208 g/mol. The number of pyridine rings is 1. The molecule has 0 saturated heterocycles. The number of hydrogen-bond acceptors (Lipinski definition) is 2. The van der Waals surface area contributed by atoms with Crippen molar-refractivity contribution in [3.05, 3.63) is 64.5 Å². The van der Waals surface area contributed by atoms with Gasteiger partial charge in [-0.2, -0.15) is 0 Å². The number of hydrogen-bond donors (Lipinski definition) is 1. The molecule has 2 nitrogen and oxygen atoms in total. The van der Waals surface area contributed by atoms with E-state index in [1.54, 1.807) is 0 Å². The van der Waals surface area contributed by atoms with Crippen LogP contribution in [0.2, 0.25) is 0 Å². The Kier molecular flexibility index (Phi) is 3.25. The lowest BCUT2D eigenvalue weighted by molar-refractivity contribution is 0.842. The Morgan fingerprint density at radius 3 is 2.29 bits per heavy atom. The maximum atomic E-state index is 6.35. The largest absolute Gasteiger partial charge is 0.320 e. The molecule has 88 valence electrons. The number of nitrogens with two attached hydrogens (primary N) is 1. The lowest BCUT2D eigenvalue weighted by Gasteiger charge is -2.17. The van der Waals surface area contributed by atoms with Crippen LogP contribution in [0.5, 0.6) is 0 Å². The smallest absolute Gasteiger partial charge is 0.0572 e. The molecule has 0 radical (unpaired) electrons. The highest BCUT2D eigenvalue weighted by atomic mass is 14.7. The van der Waals surface area contributed by atoms with E-state index in [0.29, 0.717) is 0 Å². The highest BCUT2D eigenvalue weighted by Gasteiger charge is 2.13. The number of rotatable bonds is 2. The summed E-state index contributed by atoms with van der Waals surface area (Å²) in [6.45, 7) is 6.24. The van der Waals surface area contributed by atoms with Gasteiger partial charge in [0.2, 0.25) is 0 Å². The van der Waals surface area contributed by atoms with E-state index >= 15 is 0 Å². The minimum Gasteiger partial charge on any atom is -0.320 e. The van der Waals surface area contributed by atoms with Crippen LogP contribution in [0, 0.1) is 20.8 Å². The van der Waals surface area contributed by atoms with Crippen molar-refractivity contribution in [3.63, 3.8) is 0 Å². The Hall–Kier alpha value is -1.67. The molecule has 1 aromatic carbocycles. The van der Waals surface area contributed by atoms with Gasteiger partial charge >= 0.3 is 0 Å². The minimum atomic E-state index is -0.0939. The minimum absolute atomic E-state index is 0.0939. The number of aromatic nitrogens is 1. The van der Waals surface area contributed by atoms with Crippen molar-refractivity contribution in [2.75, 3.05) is 0 Å². The molecule has 1 unspecified atom stereocenters. The highest BCUT2D eigenvalue weighted by Crippen LogP contribution is 2.25. The molecule has 1 aromatic heterocycles. The van der Waals surface area contributed by atoms with Crippen LogP contribution >= 0.6 is 0 Å². The molecule has 0 aliphatic rings. The van der Waals surface area contributed by atoms with Gasteiger partial charge < -0.3 is 5.73 Å². The maximum Gasteiger partial charge on any atom is 0.0572 e.